The third-order valence-electron chi connectivity index (χ3n) is 5.79. The molecule has 0 radical (unpaired) electrons. The number of ether oxygens (including phenoxy) is 1. The molecule has 5 rings (SSSR count). The molecule has 1 atom stereocenters. The van der Waals surface area contributed by atoms with Gasteiger partial charge in [0.15, 0.2) is 11.6 Å². The molecule has 1 amide bonds. The van der Waals surface area contributed by atoms with E-state index in [1.807, 2.05) is 58.1 Å². The Morgan fingerprint density at radius 2 is 1.88 bits per heavy atom. The van der Waals surface area contributed by atoms with Gasteiger partial charge in [0.05, 0.1) is 25.8 Å². The van der Waals surface area contributed by atoms with Crippen LogP contribution in [0.2, 0.25) is 0 Å². The summed E-state index contributed by atoms with van der Waals surface area (Å²) in [6.45, 7) is 6.38. The van der Waals surface area contributed by atoms with Gasteiger partial charge in [-0.15, -0.1) is 0 Å². The van der Waals surface area contributed by atoms with Crippen LogP contribution < -0.4 is 0 Å². The highest BCUT2D eigenvalue weighted by Gasteiger charge is 2.37. The zero-order chi connectivity index (χ0) is 22.7. The van der Waals surface area contributed by atoms with Crippen molar-refractivity contribution in [3.05, 3.63) is 71.0 Å². The predicted octanol–water partition coefficient (Wildman–Crippen LogP) is 3.53. The SMILES string of the molecule is CC(C)[C@H]1c2nc(-c3ccccc3)nn2CCN1C(=O)c1cccc2c1COC2.O=CO. The average molecular weight is 434 g/mol. The van der Waals surface area contributed by atoms with Crippen LogP contribution in [0.3, 0.4) is 0 Å². The molecule has 0 bridgehead atoms. The van der Waals surface area contributed by atoms with Crippen molar-refractivity contribution >= 4 is 12.4 Å². The standard InChI is InChI=1S/C23H24N4O2.CH2O2/c1-15(2)20-22-24-21(16-7-4-3-5-8-16)25-27(22)12-11-26(20)23(28)18-10-6-9-17-13-29-14-19(17)18;2-1-3/h3-10,15,20H,11-14H2,1-2H3;1H,(H,2,3)/t20-;/m0./s1. The Kier molecular flexibility index (Phi) is 6.32. The Morgan fingerprint density at radius 1 is 1.12 bits per heavy atom. The van der Waals surface area contributed by atoms with E-state index in [2.05, 4.69) is 13.8 Å². The fraction of sp³-hybridized carbons (Fsp3) is 0.333. The third-order valence-corrected chi connectivity index (χ3v) is 5.79. The van der Waals surface area contributed by atoms with E-state index < -0.39 is 0 Å². The van der Waals surface area contributed by atoms with Crippen molar-refractivity contribution in [2.45, 2.75) is 39.6 Å². The Hall–Kier alpha value is -3.52. The molecule has 2 aliphatic heterocycles. The minimum Gasteiger partial charge on any atom is -0.483 e. The van der Waals surface area contributed by atoms with Crippen LogP contribution in [0.25, 0.3) is 11.4 Å². The van der Waals surface area contributed by atoms with Gasteiger partial charge in [-0.05, 0) is 23.1 Å². The molecular formula is C24H26N4O4. The summed E-state index contributed by atoms with van der Waals surface area (Å²) in [6.07, 6.45) is 0. The zero-order valence-corrected chi connectivity index (χ0v) is 18.1. The number of benzene rings is 2. The number of rotatable bonds is 3. The average Bonchev–Trinajstić information content (AvgIpc) is 3.45. The highest BCUT2D eigenvalue weighted by Crippen LogP contribution is 2.34. The summed E-state index contributed by atoms with van der Waals surface area (Å²) in [5.74, 6) is 1.86. The maximum atomic E-state index is 13.6. The minimum atomic E-state index is -0.250. The van der Waals surface area contributed by atoms with Crippen LogP contribution in [0.5, 0.6) is 0 Å². The number of carboxylic acid groups (broad SMARTS) is 1. The molecule has 8 heteroatoms. The molecule has 1 N–H and O–H groups in total. The smallest absolute Gasteiger partial charge is 0.290 e. The minimum absolute atomic E-state index is 0.0570. The van der Waals surface area contributed by atoms with Crippen LogP contribution in [0.15, 0.2) is 48.5 Å². The van der Waals surface area contributed by atoms with Crippen LogP contribution in [0.1, 0.15) is 47.2 Å². The van der Waals surface area contributed by atoms with Gasteiger partial charge in [0, 0.05) is 17.7 Å². The molecule has 166 valence electrons. The molecule has 2 aromatic carbocycles. The topological polar surface area (TPSA) is 97.5 Å². The first-order valence-corrected chi connectivity index (χ1v) is 10.6. The van der Waals surface area contributed by atoms with Gasteiger partial charge in [-0.2, -0.15) is 5.10 Å². The Labute approximate surface area is 186 Å². The number of amides is 1. The lowest BCUT2D eigenvalue weighted by Gasteiger charge is -2.37. The first-order valence-electron chi connectivity index (χ1n) is 10.6. The maximum absolute atomic E-state index is 13.6. The lowest BCUT2D eigenvalue weighted by atomic mass is 9.96. The molecule has 0 aliphatic carbocycles. The van der Waals surface area contributed by atoms with Crippen molar-refractivity contribution < 1.29 is 19.4 Å². The van der Waals surface area contributed by atoms with E-state index in [1.165, 1.54) is 0 Å². The largest absolute Gasteiger partial charge is 0.483 e. The summed E-state index contributed by atoms with van der Waals surface area (Å²) in [6, 6.07) is 15.8. The van der Waals surface area contributed by atoms with Gasteiger partial charge in [-0.1, -0.05) is 56.3 Å². The first-order chi connectivity index (χ1) is 15.5. The van der Waals surface area contributed by atoms with Gasteiger partial charge in [0.1, 0.15) is 0 Å². The molecule has 0 unspecified atom stereocenters. The molecule has 8 nitrogen and oxygen atoms in total. The number of hydrogen-bond donors (Lipinski definition) is 1. The first kappa shape index (κ1) is 21.7. The fourth-order valence-electron chi connectivity index (χ4n) is 4.37. The second kappa shape index (κ2) is 9.32. The van der Waals surface area contributed by atoms with Gasteiger partial charge in [0.25, 0.3) is 12.4 Å². The fourth-order valence-corrected chi connectivity index (χ4v) is 4.37. The Bertz CT molecular complexity index is 1110. The van der Waals surface area contributed by atoms with Crippen molar-refractivity contribution in [1.82, 2.24) is 19.7 Å². The lowest BCUT2D eigenvalue weighted by molar-refractivity contribution is -0.122. The number of carbonyl (C=O) groups excluding carboxylic acids is 1. The highest BCUT2D eigenvalue weighted by molar-refractivity contribution is 5.96. The molecule has 32 heavy (non-hydrogen) atoms. The number of hydrogen-bond acceptors (Lipinski definition) is 5. The van der Waals surface area contributed by atoms with E-state index in [0.717, 1.165) is 33.9 Å². The lowest BCUT2D eigenvalue weighted by Crippen LogP contribution is -2.45. The molecule has 1 aromatic heterocycles. The second-order valence-corrected chi connectivity index (χ2v) is 8.11. The molecule has 0 spiro atoms. The van der Waals surface area contributed by atoms with Gasteiger partial charge < -0.3 is 14.7 Å². The van der Waals surface area contributed by atoms with Crippen molar-refractivity contribution in [2.24, 2.45) is 5.92 Å². The van der Waals surface area contributed by atoms with Crippen molar-refractivity contribution in [1.29, 1.82) is 0 Å². The molecule has 2 aliphatic rings. The van der Waals surface area contributed by atoms with Gasteiger partial charge >= 0.3 is 0 Å². The van der Waals surface area contributed by atoms with Gasteiger partial charge in [-0.3, -0.25) is 9.59 Å². The van der Waals surface area contributed by atoms with Crippen LogP contribution in [0, 0.1) is 5.92 Å². The summed E-state index contributed by atoms with van der Waals surface area (Å²) >= 11 is 0. The van der Waals surface area contributed by atoms with Crippen LogP contribution in [-0.4, -0.2) is 43.7 Å². The summed E-state index contributed by atoms with van der Waals surface area (Å²) in [7, 11) is 0. The van der Waals surface area contributed by atoms with Gasteiger partial charge in [0.2, 0.25) is 0 Å². The van der Waals surface area contributed by atoms with Crippen LogP contribution in [0.4, 0.5) is 0 Å². The van der Waals surface area contributed by atoms with Crippen LogP contribution >= 0.6 is 0 Å². The second-order valence-electron chi connectivity index (χ2n) is 8.11. The monoisotopic (exact) mass is 434 g/mol. The third kappa shape index (κ3) is 4.01. The molecule has 3 aromatic rings. The van der Waals surface area contributed by atoms with E-state index in [0.29, 0.717) is 26.3 Å². The number of nitrogens with zero attached hydrogens (tertiary/aromatic N) is 4. The van der Waals surface area contributed by atoms with Crippen molar-refractivity contribution in [3.63, 3.8) is 0 Å². The maximum Gasteiger partial charge on any atom is 0.290 e. The molecule has 3 heterocycles. The normalized spacial score (nSPS) is 16.7. The Morgan fingerprint density at radius 3 is 2.59 bits per heavy atom. The quantitative estimate of drug-likeness (QED) is 0.634. The van der Waals surface area contributed by atoms with Crippen molar-refractivity contribution in [2.75, 3.05) is 6.54 Å². The molecule has 0 fully saturated rings. The van der Waals surface area contributed by atoms with Gasteiger partial charge in [-0.25, -0.2) is 9.67 Å². The van der Waals surface area contributed by atoms with E-state index in [4.69, 9.17) is 24.7 Å². The number of aromatic nitrogens is 3. The summed E-state index contributed by atoms with van der Waals surface area (Å²) in [5.41, 5.74) is 3.88. The van der Waals surface area contributed by atoms with Crippen molar-refractivity contribution in [3.8, 4) is 11.4 Å². The summed E-state index contributed by atoms with van der Waals surface area (Å²) in [5, 5.41) is 11.6. The highest BCUT2D eigenvalue weighted by atomic mass is 16.5. The summed E-state index contributed by atoms with van der Waals surface area (Å²) in [4.78, 5) is 28.8. The number of carbonyl (C=O) groups is 2. The Balaban J connectivity index is 0.000000775. The van der Waals surface area contributed by atoms with E-state index in [1.54, 1.807) is 0 Å². The summed E-state index contributed by atoms with van der Waals surface area (Å²) < 4.78 is 7.55. The van der Waals surface area contributed by atoms with E-state index >= 15 is 0 Å². The predicted molar refractivity (Wildman–Crippen MR) is 118 cm³/mol. The zero-order valence-electron chi connectivity index (χ0n) is 18.1. The number of fused-ring (bicyclic) bond motifs is 2. The molecule has 0 saturated heterocycles. The molecule has 0 saturated carbocycles. The van der Waals surface area contributed by atoms with E-state index in [-0.39, 0.29) is 24.3 Å². The molecular weight excluding hydrogens is 408 g/mol. The van der Waals surface area contributed by atoms with Crippen LogP contribution in [-0.2, 0) is 29.3 Å². The van der Waals surface area contributed by atoms with E-state index in [9.17, 15) is 4.79 Å².